The van der Waals surface area contributed by atoms with E-state index < -0.39 is 5.41 Å². The molecule has 0 fully saturated rings. The van der Waals surface area contributed by atoms with Gasteiger partial charge in [-0.05, 0) is 68.7 Å². The van der Waals surface area contributed by atoms with E-state index in [9.17, 15) is 19.2 Å². The first-order valence-electron chi connectivity index (χ1n) is 13.7. The van der Waals surface area contributed by atoms with Gasteiger partial charge < -0.3 is 19.7 Å². The van der Waals surface area contributed by atoms with Crippen LogP contribution in [-0.2, 0) is 33.9 Å². The second kappa shape index (κ2) is 12.2. The minimum atomic E-state index is -1.21. The normalized spacial score (nSPS) is 14.4. The van der Waals surface area contributed by atoms with Gasteiger partial charge in [0.15, 0.2) is 0 Å². The molecule has 42 heavy (non-hydrogen) atoms. The van der Waals surface area contributed by atoms with Crippen molar-refractivity contribution in [2.75, 3.05) is 29.9 Å². The van der Waals surface area contributed by atoms with E-state index in [0.29, 0.717) is 41.9 Å². The Morgan fingerprint density at radius 3 is 2.45 bits per heavy atom. The first-order valence-corrected chi connectivity index (χ1v) is 13.7. The molecule has 0 spiro atoms. The Hall–Kier alpha value is -4.44. The number of para-hydroxylation sites is 2. The molecule has 0 atom stereocenters. The zero-order valence-corrected chi connectivity index (χ0v) is 25.0. The number of carbonyl (C=O) groups is 3. The minimum absolute atomic E-state index is 0. The lowest BCUT2D eigenvalue weighted by Crippen LogP contribution is -2.47. The van der Waals surface area contributed by atoms with Crippen LogP contribution in [0.4, 0.5) is 11.4 Å². The summed E-state index contributed by atoms with van der Waals surface area (Å²) in [6.07, 6.45) is 4.06. The predicted molar refractivity (Wildman–Crippen MR) is 165 cm³/mol. The smallest absolute Gasteiger partial charge is 0.326 e. The summed E-state index contributed by atoms with van der Waals surface area (Å²) in [6.45, 7) is 6.14. The lowest BCUT2D eigenvalue weighted by molar-refractivity contribution is -0.137. The molecule has 0 bridgehead atoms. The molecular formula is C31H35ClN6O4. The van der Waals surface area contributed by atoms with Gasteiger partial charge in [-0.3, -0.25) is 23.9 Å². The molecule has 0 unspecified atom stereocenters. The number of rotatable bonds is 8. The van der Waals surface area contributed by atoms with Gasteiger partial charge in [-0.15, -0.1) is 12.4 Å². The number of aromatic nitrogens is 3. The topological polar surface area (TPSA) is 112 Å². The third-order valence-corrected chi connectivity index (χ3v) is 7.72. The average molecular weight is 591 g/mol. The van der Waals surface area contributed by atoms with Gasteiger partial charge in [0.05, 0.1) is 22.4 Å². The van der Waals surface area contributed by atoms with Crippen molar-refractivity contribution in [2.24, 2.45) is 5.41 Å². The molecule has 220 valence electrons. The maximum absolute atomic E-state index is 13.7. The van der Waals surface area contributed by atoms with Crippen molar-refractivity contribution in [3.8, 4) is 0 Å². The van der Waals surface area contributed by atoms with Crippen molar-refractivity contribution < 1.29 is 14.4 Å². The molecule has 2 aromatic heterocycles. The van der Waals surface area contributed by atoms with E-state index in [1.165, 1.54) is 9.47 Å². The molecule has 11 heteroatoms. The highest BCUT2D eigenvalue weighted by Gasteiger charge is 2.45. The first-order chi connectivity index (χ1) is 19.6. The van der Waals surface area contributed by atoms with Crippen molar-refractivity contribution in [3.63, 3.8) is 0 Å². The van der Waals surface area contributed by atoms with E-state index in [4.69, 9.17) is 0 Å². The van der Waals surface area contributed by atoms with Crippen LogP contribution in [0.3, 0.4) is 0 Å². The number of pyridine rings is 1. The number of halogens is 1. The third kappa shape index (κ3) is 5.67. The van der Waals surface area contributed by atoms with E-state index in [-0.39, 0.29) is 48.9 Å². The molecule has 10 nitrogen and oxygen atoms in total. The van der Waals surface area contributed by atoms with Gasteiger partial charge in [0.1, 0.15) is 12.0 Å². The number of aromatic amines is 1. The zero-order valence-electron chi connectivity index (χ0n) is 24.2. The number of carbonyl (C=O) groups excluding carboxylic acids is 3. The number of hydrogen-bond acceptors (Lipinski definition) is 5. The second-order valence-electron chi connectivity index (χ2n) is 10.8. The molecule has 1 aliphatic rings. The van der Waals surface area contributed by atoms with Crippen LogP contribution in [0.5, 0.6) is 0 Å². The molecule has 1 N–H and O–H groups in total. The molecular weight excluding hydrogens is 556 g/mol. The Labute approximate surface area is 250 Å². The summed E-state index contributed by atoms with van der Waals surface area (Å²) in [5.74, 6) is -0.757. The molecule has 0 saturated carbocycles. The fourth-order valence-corrected chi connectivity index (χ4v) is 5.37. The maximum atomic E-state index is 13.7. The number of nitrogens with one attached hydrogen (secondary N) is 1. The molecule has 0 aliphatic carbocycles. The molecule has 4 aromatic rings. The third-order valence-electron chi connectivity index (χ3n) is 7.72. The van der Waals surface area contributed by atoms with Crippen LogP contribution < -0.4 is 15.5 Å². The summed E-state index contributed by atoms with van der Waals surface area (Å²) in [6, 6.07) is 16.7. The second-order valence-corrected chi connectivity index (χ2v) is 10.8. The molecule has 3 heterocycles. The lowest BCUT2D eigenvalue weighted by atomic mass is 9.90. The molecule has 3 amide bonds. The Morgan fingerprint density at radius 1 is 0.976 bits per heavy atom. The molecule has 1 aliphatic heterocycles. The van der Waals surface area contributed by atoms with Crippen LogP contribution in [0.2, 0.25) is 0 Å². The van der Waals surface area contributed by atoms with Crippen LogP contribution in [0.15, 0.2) is 71.8 Å². The summed E-state index contributed by atoms with van der Waals surface area (Å²) in [5, 5.41) is 0. The van der Waals surface area contributed by atoms with E-state index >= 15 is 0 Å². The fraction of sp³-hybridized carbons (Fsp3) is 0.323. The van der Waals surface area contributed by atoms with E-state index in [1.54, 1.807) is 49.2 Å². The van der Waals surface area contributed by atoms with Crippen LogP contribution in [0.1, 0.15) is 31.9 Å². The fourth-order valence-electron chi connectivity index (χ4n) is 5.37. The maximum Gasteiger partial charge on any atom is 0.326 e. The quantitative estimate of drug-likeness (QED) is 0.314. The van der Waals surface area contributed by atoms with E-state index in [2.05, 4.69) is 9.97 Å². The Kier molecular flexibility index (Phi) is 8.86. The lowest BCUT2D eigenvalue weighted by Gasteiger charge is -2.27. The predicted octanol–water partition coefficient (Wildman–Crippen LogP) is 3.77. The Bertz CT molecular complexity index is 1680. The summed E-state index contributed by atoms with van der Waals surface area (Å²) in [7, 11) is 1.67. The van der Waals surface area contributed by atoms with Crippen LogP contribution >= 0.6 is 12.4 Å². The van der Waals surface area contributed by atoms with Crippen molar-refractivity contribution in [1.29, 1.82) is 0 Å². The number of imidazole rings is 1. The minimum Gasteiger partial charge on any atom is -0.336 e. The SMILES string of the molecule is CCN1C(=O)C(C)(C)C(=O)N(C)c2cc(CN(CCc3cccnc3)C(=O)Cn3c(=O)[nH]c4ccccc43)ccc21.Cl. The number of H-pyrrole nitrogens is 1. The Balaban J connectivity index is 0.00000405. The van der Waals surface area contributed by atoms with Gasteiger partial charge in [0, 0.05) is 39.1 Å². The highest BCUT2D eigenvalue weighted by Crippen LogP contribution is 2.39. The van der Waals surface area contributed by atoms with Crippen molar-refractivity contribution >= 4 is 52.5 Å². The van der Waals surface area contributed by atoms with Gasteiger partial charge >= 0.3 is 5.69 Å². The Morgan fingerprint density at radius 2 is 1.74 bits per heavy atom. The number of fused-ring (bicyclic) bond motifs is 2. The monoisotopic (exact) mass is 590 g/mol. The number of amides is 3. The number of benzene rings is 2. The standard InChI is InChI=1S/C31H34N6O4.ClH/c1-5-36-25-13-12-22(17-26(25)34(4)28(39)31(2,3)29(36)40)19-35(16-14-21-9-8-15-32-18-21)27(38)20-37-24-11-7-6-10-23(24)33-30(37)41;/h6-13,15,17-18H,5,14,16,19-20H2,1-4H3,(H,33,41);1H. The first kappa shape index (κ1) is 30.5. The average Bonchev–Trinajstić information content (AvgIpc) is 3.27. The van der Waals surface area contributed by atoms with Crippen LogP contribution in [-0.4, -0.2) is 57.3 Å². The largest absolute Gasteiger partial charge is 0.336 e. The van der Waals surface area contributed by atoms with Gasteiger partial charge in [0.25, 0.3) is 0 Å². The van der Waals surface area contributed by atoms with E-state index in [1.807, 2.05) is 55.5 Å². The van der Waals surface area contributed by atoms with E-state index in [0.717, 1.165) is 11.1 Å². The summed E-state index contributed by atoms with van der Waals surface area (Å²) in [4.78, 5) is 64.8. The van der Waals surface area contributed by atoms with Crippen molar-refractivity contribution in [3.05, 3.63) is 88.6 Å². The van der Waals surface area contributed by atoms with Gasteiger partial charge in [-0.25, -0.2) is 4.79 Å². The highest BCUT2D eigenvalue weighted by molar-refractivity contribution is 6.19. The number of anilines is 2. The molecule has 0 saturated heterocycles. The zero-order chi connectivity index (χ0) is 29.3. The number of nitrogens with zero attached hydrogens (tertiary/aromatic N) is 5. The van der Waals surface area contributed by atoms with Crippen LogP contribution in [0.25, 0.3) is 11.0 Å². The van der Waals surface area contributed by atoms with Crippen molar-refractivity contribution in [1.82, 2.24) is 19.4 Å². The van der Waals surface area contributed by atoms with Gasteiger partial charge in [-0.2, -0.15) is 0 Å². The summed E-state index contributed by atoms with van der Waals surface area (Å²) >= 11 is 0. The number of hydrogen-bond donors (Lipinski definition) is 1. The molecule has 2 aromatic carbocycles. The van der Waals surface area contributed by atoms with Gasteiger partial charge in [0.2, 0.25) is 17.7 Å². The van der Waals surface area contributed by atoms with Gasteiger partial charge in [-0.1, -0.05) is 24.3 Å². The highest BCUT2D eigenvalue weighted by atomic mass is 35.5. The summed E-state index contributed by atoms with van der Waals surface area (Å²) in [5.41, 5.74) is 2.84. The summed E-state index contributed by atoms with van der Waals surface area (Å²) < 4.78 is 1.45. The molecule has 0 radical (unpaired) electrons. The van der Waals surface area contributed by atoms with Crippen LogP contribution in [0, 0.1) is 5.41 Å². The molecule has 5 rings (SSSR count). The van der Waals surface area contributed by atoms with Crippen molar-refractivity contribution in [2.45, 2.75) is 40.3 Å².